The molecule has 0 heterocycles. The smallest absolute Gasteiger partial charge is 0.173 e. The molecule has 0 bridgehead atoms. The zero-order chi connectivity index (χ0) is 18.8. The van der Waals surface area contributed by atoms with Crippen LogP contribution in [0.25, 0.3) is 0 Å². The van der Waals surface area contributed by atoms with E-state index in [1.165, 1.54) is 18.2 Å². The van der Waals surface area contributed by atoms with Gasteiger partial charge in [0, 0.05) is 28.6 Å². The predicted octanol–water partition coefficient (Wildman–Crippen LogP) is 2.27. The molecule has 0 saturated heterocycles. The van der Waals surface area contributed by atoms with Crippen molar-refractivity contribution in [3.8, 4) is 0 Å². The van der Waals surface area contributed by atoms with E-state index >= 15 is 0 Å². The monoisotopic (exact) mass is 386 g/mol. The number of hydrogen-bond donors (Lipinski definition) is 1. The van der Waals surface area contributed by atoms with Crippen LogP contribution in [0.3, 0.4) is 0 Å². The Morgan fingerprint density at radius 1 is 0.846 bits per heavy atom. The van der Waals surface area contributed by atoms with Crippen LogP contribution in [0.2, 0.25) is 0 Å². The Kier molecular flexibility index (Phi) is 5.01. The first-order chi connectivity index (χ1) is 12.4. The molecule has 0 radical (unpaired) electrons. The SMILES string of the molecule is CNc1ccc(S(=O)(=O)[O-])cc1P(=O)(c1ccccc1)c1ccccc1. The quantitative estimate of drug-likeness (QED) is 0.537. The van der Waals surface area contributed by atoms with E-state index in [9.17, 15) is 17.5 Å². The van der Waals surface area contributed by atoms with E-state index in [0.717, 1.165) is 0 Å². The summed E-state index contributed by atoms with van der Waals surface area (Å²) in [4.78, 5) is -0.404. The summed E-state index contributed by atoms with van der Waals surface area (Å²) in [6.45, 7) is 0. The summed E-state index contributed by atoms with van der Waals surface area (Å²) >= 11 is 0. The standard InChI is InChI=1S/C19H18NO4PS/c1-20-18-13-12-17(26(22,23)24)14-19(18)25(21,15-8-4-2-5-9-15)16-10-6-3-7-11-16/h2-14,20H,1H3,(H,22,23,24)/p-1. The molecule has 0 atom stereocenters. The summed E-state index contributed by atoms with van der Waals surface area (Å²) in [5.41, 5.74) is 0.508. The van der Waals surface area contributed by atoms with E-state index < -0.39 is 22.2 Å². The first-order valence-corrected chi connectivity index (χ1v) is 11.0. The van der Waals surface area contributed by atoms with Gasteiger partial charge in [0.1, 0.15) is 10.1 Å². The summed E-state index contributed by atoms with van der Waals surface area (Å²) in [7, 11) is -6.41. The second kappa shape index (κ2) is 7.08. The van der Waals surface area contributed by atoms with Crippen molar-refractivity contribution >= 4 is 38.9 Å². The van der Waals surface area contributed by atoms with Gasteiger partial charge < -0.3 is 14.4 Å². The highest BCUT2D eigenvalue weighted by molar-refractivity contribution is 7.86. The minimum Gasteiger partial charge on any atom is -0.744 e. The summed E-state index contributed by atoms with van der Waals surface area (Å²) in [5.74, 6) is 0. The molecule has 0 aliphatic carbocycles. The summed E-state index contributed by atoms with van der Waals surface area (Å²) in [6.07, 6.45) is 0. The van der Waals surface area contributed by atoms with Crippen LogP contribution in [0, 0.1) is 0 Å². The fraction of sp³-hybridized carbons (Fsp3) is 0.0526. The van der Waals surface area contributed by atoms with Gasteiger partial charge in [-0.2, -0.15) is 0 Å². The lowest BCUT2D eigenvalue weighted by atomic mass is 10.3. The van der Waals surface area contributed by atoms with Gasteiger partial charge in [-0.25, -0.2) is 8.42 Å². The minimum absolute atomic E-state index is 0.286. The average Bonchev–Trinajstić information content (AvgIpc) is 2.67. The molecule has 3 aromatic carbocycles. The lowest BCUT2D eigenvalue weighted by molar-refractivity contribution is 0.463. The zero-order valence-corrected chi connectivity index (χ0v) is 15.7. The van der Waals surface area contributed by atoms with Crippen molar-refractivity contribution in [3.05, 3.63) is 78.9 Å². The maximum absolute atomic E-state index is 14.3. The van der Waals surface area contributed by atoms with Crippen LogP contribution in [-0.4, -0.2) is 20.0 Å². The summed E-state index contributed by atoms with van der Waals surface area (Å²) in [6, 6.07) is 21.6. The number of hydrogen-bond acceptors (Lipinski definition) is 5. The second-order valence-electron chi connectivity index (χ2n) is 5.66. The van der Waals surface area contributed by atoms with E-state index in [4.69, 9.17) is 0 Å². The maximum Gasteiger partial charge on any atom is 0.173 e. The number of rotatable bonds is 5. The van der Waals surface area contributed by atoms with Gasteiger partial charge in [-0.15, -0.1) is 0 Å². The van der Waals surface area contributed by atoms with Gasteiger partial charge >= 0.3 is 0 Å². The predicted molar refractivity (Wildman–Crippen MR) is 103 cm³/mol. The molecule has 0 aliphatic heterocycles. The Hall–Kier alpha value is -2.40. The third-order valence-electron chi connectivity index (χ3n) is 4.11. The number of anilines is 1. The van der Waals surface area contributed by atoms with Gasteiger partial charge in [-0.1, -0.05) is 60.7 Å². The van der Waals surface area contributed by atoms with Crippen molar-refractivity contribution in [2.45, 2.75) is 4.90 Å². The molecule has 0 fully saturated rings. The summed E-state index contributed by atoms with van der Waals surface area (Å²) < 4.78 is 48.9. The Morgan fingerprint density at radius 2 is 1.35 bits per heavy atom. The Labute approximate surface area is 152 Å². The molecular formula is C19H17NO4PS-. The Bertz CT molecular complexity index is 1020. The molecule has 0 aromatic heterocycles. The van der Waals surface area contributed by atoms with Gasteiger partial charge in [0.25, 0.3) is 0 Å². The fourth-order valence-electron chi connectivity index (χ4n) is 2.84. The topological polar surface area (TPSA) is 86.3 Å². The molecule has 0 aliphatic rings. The van der Waals surface area contributed by atoms with E-state index in [1.54, 1.807) is 55.6 Å². The first kappa shape index (κ1) is 18.4. The van der Waals surface area contributed by atoms with E-state index in [0.29, 0.717) is 16.3 Å². The molecule has 26 heavy (non-hydrogen) atoms. The molecule has 3 rings (SSSR count). The lowest BCUT2D eigenvalue weighted by Crippen LogP contribution is -2.27. The van der Waals surface area contributed by atoms with Crippen LogP contribution in [0.1, 0.15) is 0 Å². The second-order valence-corrected chi connectivity index (χ2v) is 9.78. The highest BCUT2D eigenvalue weighted by Gasteiger charge is 2.32. The average molecular weight is 386 g/mol. The van der Waals surface area contributed by atoms with Crippen LogP contribution in [-0.2, 0) is 14.7 Å². The van der Waals surface area contributed by atoms with Crippen molar-refractivity contribution in [3.63, 3.8) is 0 Å². The molecular weight excluding hydrogens is 369 g/mol. The summed E-state index contributed by atoms with van der Waals surface area (Å²) in [5, 5.41) is 4.35. The van der Waals surface area contributed by atoms with Crippen LogP contribution in [0.15, 0.2) is 83.8 Å². The molecule has 7 heteroatoms. The highest BCUT2D eigenvalue weighted by atomic mass is 32.2. The van der Waals surface area contributed by atoms with E-state index in [1.807, 2.05) is 12.1 Å². The lowest BCUT2D eigenvalue weighted by Gasteiger charge is -2.23. The highest BCUT2D eigenvalue weighted by Crippen LogP contribution is 2.44. The van der Waals surface area contributed by atoms with Gasteiger partial charge in [-0.3, -0.25) is 0 Å². The Morgan fingerprint density at radius 3 is 1.77 bits per heavy atom. The zero-order valence-electron chi connectivity index (χ0n) is 14.0. The third-order valence-corrected chi connectivity index (χ3v) is 8.04. The molecule has 3 aromatic rings. The fourth-order valence-corrected chi connectivity index (χ4v) is 6.31. The molecule has 0 amide bonds. The molecule has 0 unspecified atom stereocenters. The molecule has 134 valence electrons. The van der Waals surface area contributed by atoms with Gasteiger partial charge in [0.05, 0.1) is 4.90 Å². The Balaban J connectivity index is 2.39. The van der Waals surface area contributed by atoms with Crippen molar-refractivity contribution < 1.29 is 17.5 Å². The molecule has 1 N–H and O–H groups in total. The van der Waals surface area contributed by atoms with Crippen molar-refractivity contribution in [1.29, 1.82) is 0 Å². The van der Waals surface area contributed by atoms with E-state index in [2.05, 4.69) is 5.32 Å². The van der Waals surface area contributed by atoms with Gasteiger partial charge in [0.15, 0.2) is 7.14 Å². The van der Waals surface area contributed by atoms with Crippen LogP contribution < -0.4 is 21.2 Å². The minimum atomic E-state index is -4.67. The van der Waals surface area contributed by atoms with Gasteiger partial charge in [0.2, 0.25) is 0 Å². The van der Waals surface area contributed by atoms with Crippen molar-refractivity contribution in [1.82, 2.24) is 0 Å². The first-order valence-electron chi connectivity index (χ1n) is 7.87. The molecule has 0 saturated carbocycles. The van der Waals surface area contributed by atoms with Crippen molar-refractivity contribution in [2.75, 3.05) is 12.4 Å². The maximum atomic E-state index is 14.3. The van der Waals surface area contributed by atoms with Crippen LogP contribution >= 0.6 is 7.14 Å². The third kappa shape index (κ3) is 3.31. The van der Waals surface area contributed by atoms with Crippen LogP contribution in [0.5, 0.6) is 0 Å². The van der Waals surface area contributed by atoms with Crippen molar-refractivity contribution in [2.24, 2.45) is 0 Å². The number of nitrogens with one attached hydrogen (secondary N) is 1. The van der Waals surface area contributed by atoms with Gasteiger partial charge in [-0.05, 0) is 18.2 Å². The molecule has 0 spiro atoms. The van der Waals surface area contributed by atoms with Crippen LogP contribution in [0.4, 0.5) is 5.69 Å². The molecule has 5 nitrogen and oxygen atoms in total. The normalized spacial score (nSPS) is 11.9. The van der Waals surface area contributed by atoms with E-state index in [-0.39, 0.29) is 5.30 Å². The number of benzene rings is 3. The largest absolute Gasteiger partial charge is 0.744 e.